The lowest BCUT2D eigenvalue weighted by Gasteiger charge is -2.23. The van der Waals surface area contributed by atoms with Crippen molar-refractivity contribution in [1.82, 2.24) is 19.5 Å². The van der Waals surface area contributed by atoms with Gasteiger partial charge in [0.25, 0.3) is 0 Å². The molecule has 2 unspecified atom stereocenters. The van der Waals surface area contributed by atoms with Crippen LogP contribution in [0.2, 0.25) is 0 Å². The van der Waals surface area contributed by atoms with Crippen molar-refractivity contribution in [3.8, 4) is 11.8 Å². The minimum atomic E-state index is -0.735. The van der Waals surface area contributed by atoms with Crippen LogP contribution in [0.3, 0.4) is 0 Å². The minimum absolute atomic E-state index is 0.116. The molecule has 0 saturated carbocycles. The Bertz CT molecular complexity index is 1200. The molecule has 3 aliphatic rings. The van der Waals surface area contributed by atoms with Gasteiger partial charge in [-0.3, -0.25) is 4.57 Å². The van der Waals surface area contributed by atoms with Crippen molar-refractivity contribution >= 4 is 22.5 Å². The number of fused-ring (bicyclic) bond motifs is 2. The largest absolute Gasteiger partial charge is 0.370 e. The Balaban J connectivity index is 1.37. The Morgan fingerprint density at radius 1 is 1.22 bits per heavy atom. The lowest BCUT2D eigenvalue weighted by Crippen LogP contribution is -2.28. The van der Waals surface area contributed by atoms with Gasteiger partial charge in [-0.15, -0.1) is 11.3 Å². The summed E-state index contributed by atoms with van der Waals surface area (Å²) in [5.41, 5.74) is 8.22. The van der Waals surface area contributed by atoms with E-state index in [0.717, 1.165) is 11.3 Å². The van der Waals surface area contributed by atoms with Crippen molar-refractivity contribution in [3.05, 3.63) is 40.7 Å². The van der Waals surface area contributed by atoms with Gasteiger partial charge in [0.15, 0.2) is 17.7 Å². The van der Waals surface area contributed by atoms with Gasteiger partial charge in [0.05, 0.1) is 11.2 Å². The Kier molecular flexibility index (Phi) is 4.80. The van der Waals surface area contributed by atoms with Crippen LogP contribution in [0.1, 0.15) is 43.2 Å². The van der Waals surface area contributed by atoms with Gasteiger partial charge in [-0.1, -0.05) is 17.9 Å². The van der Waals surface area contributed by atoms with E-state index in [-0.39, 0.29) is 24.4 Å². The molecule has 2 N–H and O–H groups in total. The highest BCUT2D eigenvalue weighted by Gasteiger charge is 2.56. The lowest BCUT2D eigenvalue weighted by molar-refractivity contribution is -0.190. The van der Waals surface area contributed by atoms with Crippen LogP contribution in [0.4, 0.5) is 0 Å². The van der Waals surface area contributed by atoms with Gasteiger partial charge in [0.1, 0.15) is 42.0 Å². The smallest absolute Gasteiger partial charge is 0.167 e. The number of hydrogen-bond donors (Lipinski definition) is 1. The molecule has 10 heteroatoms. The van der Waals surface area contributed by atoms with Crippen molar-refractivity contribution in [1.29, 1.82) is 0 Å². The van der Waals surface area contributed by atoms with Crippen molar-refractivity contribution in [2.45, 2.75) is 62.7 Å². The predicted molar refractivity (Wildman–Crippen MR) is 116 cm³/mol. The molecule has 6 atom stereocenters. The maximum Gasteiger partial charge on any atom is 0.167 e. The average molecular weight is 454 g/mol. The second-order valence-corrected chi connectivity index (χ2v) is 9.53. The Hall–Kier alpha value is -2.39. The molecule has 3 aliphatic heterocycles. The maximum absolute atomic E-state index is 6.35. The molecule has 3 aromatic heterocycles. The predicted octanol–water partition coefficient (Wildman–Crippen LogP) is 2.15. The zero-order valence-corrected chi connectivity index (χ0v) is 18.5. The fraction of sp³-hybridized carbons (Fsp3) is 0.500. The van der Waals surface area contributed by atoms with E-state index in [1.807, 2.05) is 35.9 Å². The number of nitrogens with zero attached hydrogens (tertiary/aromatic N) is 4. The Labute approximate surface area is 188 Å². The molecule has 0 amide bonds. The minimum Gasteiger partial charge on any atom is -0.370 e. The summed E-state index contributed by atoms with van der Waals surface area (Å²) in [6, 6.07) is 3.84. The molecule has 6 rings (SSSR count). The second kappa shape index (κ2) is 7.59. The lowest BCUT2D eigenvalue weighted by atomic mass is 10.1. The van der Waals surface area contributed by atoms with Crippen molar-refractivity contribution in [2.75, 3.05) is 6.61 Å². The topological polar surface area (TPSA) is 107 Å². The van der Waals surface area contributed by atoms with E-state index >= 15 is 0 Å². The highest BCUT2D eigenvalue weighted by atomic mass is 32.1. The molecule has 32 heavy (non-hydrogen) atoms. The molecule has 0 spiro atoms. The molecule has 3 saturated heterocycles. The standard InChI is InChI=1S/C22H23N5O4S/c1-22(2)30-18-14(6-5-12-4-3-9-32-12)29-21(19(18)31-22)27-11-26-16-15(24-10-25-20(16)27)17-13(23)7-8-28-17/h3-4,9-11,13-14,17-19,21H,7-8,23H2,1-2H3/t13?,14-,17?,18-,19-,21-/m1/s1. The molecule has 3 fully saturated rings. The van der Waals surface area contributed by atoms with Gasteiger partial charge in [-0.05, 0) is 31.7 Å². The second-order valence-electron chi connectivity index (χ2n) is 8.59. The van der Waals surface area contributed by atoms with Crippen LogP contribution in [-0.2, 0) is 18.9 Å². The highest BCUT2D eigenvalue weighted by Crippen LogP contribution is 2.44. The summed E-state index contributed by atoms with van der Waals surface area (Å²) in [4.78, 5) is 14.5. The number of nitrogens with two attached hydrogens (primary N) is 1. The molecular formula is C22H23N5O4S. The van der Waals surface area contributed by atoms with Gasteiger partial charge in [-0.2, -0.15) is 0 Å². The van der Waals surface area contributed by atoms with Crippen molar-refractivity contribution in [3.63, 3.8) is 0 Å². The summed E-state index contributed by atoms with van der Waals surface area (Å²) in [7, 11) is 0. The van der Waals surface area contributed by atoms with E-state index in [1.165, 1.54) is 6.33 Å². The average Bonchev–Trinajstić information content (AvgIpc) is 3.56. The molecule has 9 nitrogen and oxygen atoms in total. The van der Waals surface area contributed by atoms with Gasteiger partial charge in [-0.25, -0.2) is 15.0 Å². The van der Waals surface area contributed by atoms with Crippen LogP contribution in [0.25, 0.3) is 11.2 Å². The fourth-order valence-corrected chi connectivity index (χ4v) is 5.14. The summed E-state index contributed by atoms with van der Waals surface area (Å²) < 4.78 is 26.4. The number of hydrogen-bond acceptors (Lipinski definition) is 9. The third-order valence-corrected chi connectivity index (χ3v) is 6.74. The third kappa shape index (κ3) is 3.33. The summed E-state index contributed by atoms with van der Waals surface area (Å²) in [6.07, 6.45) is 2.10. The normalized spacial score (nSPS) is 33.3. The molecular weight excluding hydrogens is 430 g/mol. The summed E-state index contributed by atoms with van der Waals surface area (Å²) >= 11 is 1.59. The number of ether oxygens (including phenoxy) is 4. The maximum atomic E-state index is 6.35. The van der Waals surface area contributed by atoms with Gasteiger partial charge in [0, 0.05) is 12.6 Å². The zero-order valence-electron chi connectivity index (χ0n) is 17.7. The van der Waals surface area contributed by atoms with E-state index in [1.54, 1.807) is 17.7 Å². The molecule has 0 aromatic carbocycles. The van der Waals surface area contributed by atoms with Crippen LogP contribution in [0, 0.1) is 11.8 Å². The van der Waals surface area contributed by atoms with E-state index < -0.39 is 18.1 Å². The van der Waals surface area contributed by atoms with Crippen molar-refractivity contribution < 1.29 is 18.9 Å². The molecule has 3 aromatic rings. The molecule has 6 heterocycles. The first-order valence-electron chi connectivity index (χ1n) is 10.6. The first-order chi connectivity index (χ1) is 15.5. The Morgan fingerprint density at radius 2 is 2.09 bits per heavy atom. The van der Waals surface area contributed by atoms with Crippen molar-refractivity contribution in [2.24, 2.45) is 5.73 Å². The fourth-order valence-electron chi connectivity index (χ4n) is 4.56. The summed E-state index contributed by atoms with van der Waals surface area (Å²) in [6.45, 7) is 4.41. The number of rotatable bonds is 2. The molecule has 166 valence electrons. The van der Waals surface area contributed by atoms with Gasteiger partial charge >= 0.3 is 0 Å². The first-order valence-corrected chi connectivity index (χ1v) is 11.5. The summed E-state index contributed by atoms with van der Waals surface area (Å²) in [5, 5.41) is 2.00. The van der Waals surface area contributed by atoms with E-state index in [9.17, 15) is 0 Å². The molecule has 0 radical (unpaired) electrons. The highest BCUT2D eigenvalue weighted by molar-refractivity contribution is 7.10. The monoisotopic (exact) mass is 453 g/mol. The van der Waals surface area contributed by atoms with E-state index in [2.05, 4.69) is 26.8 Å². The molecule has 0 aliphatic carbocycles. The number of imidazole rings is 1. The van der Waals surface area contributed by atoms with E-state index in [4.69, 9.17) is 24.7 Å². The molecule has 0 bridgehead atoms. The number of aromatic nitrogens is 4. The van der Waals surface area contributed by atoms with Crippen LogP contribution in [0.15, 0.2) is 30.2 Å². The Morgan fingerprint density at radius 3 is 2.88 bits per heavy atom. The number of thiophene rings is 1. The van der Waals surface area contributed by atoms with Crippen LogP contribution in [-0.4, -0.2) is 56.3 Å². The van der Waals surface area contributed by atoms with Crippen LogP contribution < -0.4 is 5.73 Å². The SMILES string of the molecule is CC1(C)O[C@@H]2[C@H](O1)[C@@H](C#Cc1cccs1)O[C@H]2n1cnc2c(C3OCCC3N)ncnc21. The van der Waals surface area contributed by atoms with Crippen LogP contribution >= 0.6 is 11.3 Å². The quantitative estimate of drug-likeness (QED) is 0.589. The van der Waals surface area contributed by atoms with E-state index in [0.29, 0.717) is 23.5 Å². The third-order valence-electron chi connectivity index (χ3n) is 5.96. The van der Waals surface area contributed by atoms with Crippen LogP contribution in [0.5, 0.6) is 0 Å². The zero-order chi connectivity index (χ0) is 21.9. The van der Waals surface area contributed by atoms with Gasteiger partial charge in [0.2, 0.25) is 0 Å². The first kappa shape index (κ1) is 20.2. The summed E-state index contributed by atoms with van der Waals surface area (Å²) in [5.74, 6) is 5.68. The van der Waals surface area contributed by atoms with Gasteiger partial charge < -0.3 is 24.7 Å².